The van der Waals surface area contributed by atoms with Gasteiger partial charge in [0.1, 0.15) is 6.04 Å². The third-order valence-corrected chi connectivity index (χ3v) is 5.28. The van der Waals surface area contributed by atoms with E-state index in [-0.39, 0.29) is 41.6 Å². The van der Waals surface area contributed by atoms with Gasteiger partial charge in [0.25, 0.3) is 5.91 Å². The van der Waals surface area contributed by atoms with Crippen LogP contribution >= 0.6 is 0 Å². The Bertz CT molecular complexity index is 548. The van der Waals surface area contributed by atoms with Gasteiger partial charge in [-0.25, -0.2) is 9.10 Å². The van der Waals surface area contributed by atoms with Crippen molar-refractivity contribution in [3.8, 4) is 0 Å². The molecule has 2 saturated heterocycles. The van der Waals surface area contributed by atoms with Crippen molar-refractivity contribution in [1.29, 1.82) is 0 Å². The van der Waals surface area contributed by atoms with Crippen LogP contribution in [0.4, 0.5) is 4.79 Å². The van der Waals surface area contributed by atoms with Crippen molar-refractivity contribution in [2.45, 2.75) is 50.2 Å². The fourth-order valence-electron chi connectivity index (χ4n) is 3.37. The molecule has 2 aliphatic heterocycles. The molecule has 0 spiro atoms. The molecule has 3 rings (SSSR count). The van der Waals surface area contributed by atoms with Gasteiger partial charge in [-0.05, 0) is 19.3 Å². The first-order valence-corrected chi connectivity index (χ1v) is 8.17. The average Bonchev–Trinajstić information content (AvgIpc) is 2.93. The maximum atomic E-state index is 12.1. The van der Waals surface area contributed by atoms with Gasteiger partial charge < -0.3 is 10.2 Å². The third-order valence-electron chi connectivity index (χ3n) is 4.33. The molecule has 3 fully saturated rings. The fourth-order valence-corrected chi connectivity index (χ4v) is 4.27. The van der Waals surface area contributed by atoms with E-state index in [2.05, 4.69) is 5.32 Å². The Morgan fingerprint density at radius 2 is 1.86 bits per heavy atom. The van der Waals surface area contributed by atoms with Gasteiger partial charge in [0.05, 0.1) is 6.04 Å². The number of nitrogens with zero attached hydrogens (tertiary/aromatic N) is 2. The second-order valence-electron chi connectivity index (χ2n) is 5.54. The Hall–Kier alpha value is -0.350. The molecule has 8 nitrogen and oxygen atoms in total. The van der Waals surface area contributed by atoms with Crippen LogP contribution in [-0.4, -0.2) is 88.3 Å². The van der Waals surface area contributed by atoms with Crippen molar-refractivity contribution in [2.75, 3.05) is 6.54 Å². The van der Waals surface area contributed by atoms with Crippen molar-refractivity contribution in [1.82, 2.24) is 14.5 Å². The van der Waals surface area contributed by atoms with Crippen LogP contribution < -0.4 is 5.32 Å². The van der Waals surface area contributed by atoms with E-state index in [0.29, 0.717) is 17.3 Å². The van der Waals surface area contributed by atoms with Gasteiger partial charge in [-0.1, -0.05) is 12.8 Å². The van der Waals surface area contributed by atoms with E-state index >= 15 is 0 Å². The topological polar surface area (TPSA) is 107 Å². The number of hydrogen-bond acceptors (Lipinski definition) is 4. The van der Waals surface area contributed by atoms with Crippen LogP contribution in [0.25, 0.3) is 0 Å². The molecule has 0 aromatic carbocycles. The predicted molar refractivity (Wildman–Crippen MR) is 75.2 cm³/mol. The fraction of sp³-hybridized carbons (Fsp3) is 0.818. The van der Waals surface area contributed by atoms with Gasteiger partial charge in [0.15, 0.2) is 0 Å². The van der Waals surface area contributed by atoms with Gasteiger partial charge in [0, 0.05) is 12.6 Å². The summed E-state index contributed by atoms with van der Waals surface area (Å²) >= 11 is 0. The molecule has 0 unspecified atom stereocenters. The molecule has 3 aliphatic rings. The zero-order chi connectivity index (χ0) is 14.5. The first-order valence-electron chi connectivity index (χ1n) is 6.77. The number of hydrogen-bond donors (Lipinski definition) is 2. The summed E-state index contributed by atoms with van der Waals surface area (Å²) in [5, 5.41) is 2.88. The Kier molecular flexibility index (Phi) is 4.89. The van der Waals surface area contributed by atoms with E-state index < -0.39 is 28.3 Å². The normalized spacial score (nSPS) is 28.9. The Balaban J connectivity index is 0.00000161. The van der Waals surface area contributed by atoms with Gasteiger partial charge in [-0.3, -0.25) is 9.35 Å². The van der Waals surface area contributed by atoms with E-state index in [1.807, 2.05) is 0 Å². The molecule has 0 aromatic rings. The van der Waals surface area contributed by atoms with Crippen LogP contribution in [0.3, 0.4) is 0 Å². The summed E-state index contributed by atoms with van der Waals surface area (Å²) in [4.78, 5) is 25.3. The van der Waals surface area contributed by atoms with Crippen molar-refractivity contribution < 1.29 is 22.6 Å². The van der Waals surface area contributed by atoms with E-state index in [1.165, 1.54) is 4.90 Å². The minimum absolute atomic E-state index is 0. The summed E-state index contributed by atoms with van der Waals surface area (Å²) in [5.74, 6) is -0.725. The standard InChI is InChI=1S/C11H17N3O5S.Na.H/c15-10-9-8(14(10)20(17,18)19)5-6-13(9)11(16)12-7-3-1-2-4-7;;/h7-9H,1-6H2,(H,12,16)(H,17,18,19);;/t8-,9+;;/m1../s1. The van der Waals surface area contributed by atoms with Crippen molar-refractivity contribution in [2.24, 2.45) is 0 Å². The Morgan fingerprint density at radius 3 is 2.43 bits per heavy atom. The second-order valence-corrected chi connectivity index (χ2v) is 6.83. The summed E-state index contributed by atoms with van der Waals surface area (Å²) in [6.45, 7) is 0.325. The monoisotopic (exact) mass is 327 g/mol. The molecule has 10 heteroatoms. The molecule has 21 heavy (non-hydrogen) atoms. The van der Waals surface area contributed by atoms with Crippen LogP contribution in [0.2, 0.25) is 0 Å². The molecule has 114 valence electrons. The van der Waals surface area contributed by atoms with Crippen molar-refractivity contribution in [3.63, 3.8) is 0 Å². The average molecular weight is 327 g/mol. The molecule has 2 N–H and O–H groups in total. The molecule has 0 bridgehead atoms. The van der Waals surface area contributed by atoms with E-state index in [1.54, 1.807) is 0 Å². The zero-order valence-corrected chi connectivity index (χ0v) is 11.7. The van der Waals surface area contributed by atoms with Gasteiger partial charge in [-0.15, -0.1) is 0 Å². The molecule has 3 amide bonds. The van der Waals surface area contributed by atoms with Crippen LogP contribution in [0.15, 0.2) is 0 Å². The zero-order valence-electron chi connectivity index (χ0n) is 10.9. The number of β-lactam (4-membered cyclic amide) rings is 1. The van der Waals surface area contributed by atoms with E-state index in [0.717, 1.165) is 25.7 Å². The molecule has 0 aromatic heterocycles. The molecular weight excluding hydrogens is 309 g/mol. The number of likely N-dealkylation sites (tertiary alicyclic amines) is 1. The number of carbonyl (C=O) groups excluding carboxylic acids is 2. The predicted octanol–water partition coefficient (Wildman–Crippen LogP) is -0.922. The van der Waals surface area contributed by atoms with Gasteiger partial charge in [0.2, 0.25) is 0 Å². The van der Waals surface area contributed by atoms with Crippen LogP contribution in [-0.2, 0) is 15.1 Å². The summed E-state index contributed by atoms with van der Waals surface area (Å²) < 4.78 is 31.6. The molecule has 1 aliphatic carbocycles. The number of carbonyl (C=O) groups is 2. The second kappa shape index (κ2) is 6.04. The molecule has 2 atom stereocenters. The number of urea groups is 1. The Labute approximate surface area is 145 Å². The van der Waals surface area contributed by atoms with Gasteiger partial charge >= 0.3 is 45.9 Å². The van der Waals surface area contributed by atoms with E-state index in [4.69, 9.17) is 4.55 Å². The van der Waals surface area contributed by atoms with E-state index in [9.17, 15) is 18.0 Å². The summed E-state index contributed by atoms with van der Waals surface area (Å²) in [5.41, 5.74) is 0. The molecule has 2 heterocycles. The molecular formula is C11H18N3NaO5S. The quantitative estimate of drug-likeness (QED) is 0.387. The van der Waals surface area contributed by atoms with Crippen LogP contribution in [0, 0.1) is 0 Å². The maximum absolute atomic E-state index is 12.1. The first-order chi connectivity index (χ1) is 9.39. The number of rotatable bonds is 2. The van der Waals surface area contributed by atoms with Gasteiger partial charge in [-0.2, -0.15) is 8.42 Å². The summed E-state index contributed by atoms with van der Waals surface area (Å²) in [6, 6.07) is -1.53. The number of nitrogens with one attached hydrogen (secondary N) is 1. The van der Waals surface area contributed by atoms with Crippen molar-refractivity contribution >= 4 is 51.8 Å². The molecule has 1 saturated carbocycles. The van der Waals surface area contributed by atoms with Crippen LogP contribution in [0.5, 0.6) is 0 Å². The minimum atomic E-state index is -4.52. The number of fused-ring (bicyclic) bond motifs is 1. The summed E-state index contributed by atoms with van der Waals surface area (Å²) in [7, 11) is -4.52. The first kappa shape index (κ1) is 17.0. The SMILES string of the molecule is O=C(NC1CCCC1)N1CC[C@@H]2[C@H]1C(=O)N2S(=O)(=O)O.[NaH]. The Morgan fingerprint density at radius 1 is 1.24 bits per heavy atom. The number of amides is 3. The summed E-state index contributed by atoms with van der Waals surface area (Å²) in [6.07, 6.45) is 4.44. The van der Waals surface area contributed by atoms with Crippen LogP contribution in [0.1, 0.15) is 32.1 Å². The van der Waals surface area contributed by atoms with Crippen molar-refractivity contribution in [3.05, 3.63) is 0 Å². The molecule has 0 radical (unpaired) electrons. The third kappa shape index (κ3) is 2.94.